The predicted molar refractivity (Wildman–Crippen MR) is 87.4 cm³/mol. The second kappa shape index (κ2) is 7.49. The lowest BCUT2D eigenvalue weighted by Crippen LogP contribution is -2.41. The summed E-state index contributed by atoms with van der Waals surface area (Å²) in [7, 11) is 1.68. The zero-order valence-corrected chi connectivity index (χ0v) is 14.6. The van der Waals surface area contributed by atoms with Gasteiger partial charge in [0.25, 0.3) is 11.7 Å². The summed E-state index contributed by atoms with van der Waals surface area (Å²) in [6, 6.07) is 0. The van der Waals surface area contributed by atoms with Gasteiger partial charge in [-0.1, -0.05) is 5.16 Å². The van der Waals surface area contributed by atoms with E-state index in [2.05, 4.69) is 15.0 Å². The molecular weight excluding hydrogens is 326 g/mol. The van der Waals surface area contributed by atoms with Crippen molar-refractivity contribution in [2.45, 2.75) is 32.2 Å². The van der Waals surface area contributed by atoms with Gasteiger partial charge in [-0.2, -0.15) is 4.98 Å². The molecule has 9 heteroatoms. The van der Waals surface area contributed by atoms with E-state index < -0.39 is 5.91 Å². The third-order valence-electron chi connectivity index (χ3n) is 5.15. The molecule has 0 saturated carbocycles. The molecule has 3 heterocycles. The first-order valence-electron chi connectivity index (χ1n) is 8.63. The first-order valence-corrected chi connectivity index (χ1v) is 8.63. The van der Waals surface area contributed by atoms with Gasteiger partial charge < -0.3 is 19.9 Å². The van der Waals surface area contributed by atoms with Crippen molar-refractivity contribution in [3.05, 3.63) is 11.7 Å². The van der Waals surface area contributed by atoms with Gasteiger partial charge in [0.2, 0.25) is 11.8 Å². The van der Waals surface area contributed by atoms with Gasteiger partial charge in [0, 0.05) is 33.2 Å². The number of hydrogen-bond donors (Lipinski definition) is 1. The molecule has 0 unspecified atom stereocenters. The Morgan fingerprint density at radius 2 is 2.16 bits per heavy atom. The molecule has 2 aliphatic rings. The summed E-state index contributed by atoms with van der Waals surface area (Å²) in [5.74, 6) is -0.122. The Hall–Kier alpha value is -2.00. The second-order valence-corrected chi connectivity index (χ2v) is 6.99. The first-order chi connectivity index (χ1) is 12.0. The summed E-state index contributed by atoms with van der Waals surface area (Å²) in [5, 5.41) is 3.56. The van der Waals surface area contributed by atoms with Crippen LogP contribution in [0.2, 0.25) is 0 Å². The van der Waals surface area contributed by atoms with Crippen LogP contribution in [-0.4, -0.2) is 71.7 Å². The number of carbonyl (C=O) groups is 2. The van der Waals surface area contributed by atoms with Crippen LogP contribution in [0.15, 0.2) is 4.52 Å². The molecule has 2 saturated heterocycles. The summed E-state index contributed by atoms with van der Waals surface area (Å²) in [4.78, 5) is 31.5. The minimum Gasteiger partial charge on any atom is -0.385 e. The molecule has 0 atom stereocenters. The largest absolute Gasteiger partial charge is 0.385 e. The van der Waals surface area contributed by atoms with Crippen LogP contribution in [0.3, 0.4) is 0 Å². The highest BCUT2D eigenvalue weighted by Gasteiger charge is 2.44. The SMILES string of the molecule is COCCCN1CC2(CCN(Cc3nc(C(N)=O)no3)CC2)CC1=O. The third-order valence-corrected chi connectivity index (χ3v) is 5.15. The lowest BCUT2D eigenvalue weighted by Gasteiger charge is -2.38. The summed E-state index contributed by atoms with van der Waals surface area (Å²) >= 11 is 0. The molecule has 1 aromatic heterocycles. The molecule has 0 bridgehead atoms. The Bertz CT molecular complexity index is 624. The molecule has 2 N–H and O–H groups in total. The maximum absolute atomic E-state index is 12.3. The number of nitrogens with two attached hydrogens (primary N) is 1. The predicted octanol–water partition coefficient (Wildman–Crippen LogP) is 0.0195. The number of amides is 2. The van der Waals surface area contributed by atoms with Crippen LogP contribution >= 0.6 is 0 Å². The van der Waals surface area contributed by atoms with E-state index in [9.17, 15) is 9.59 Å². The minimum absolute atomic E-state index is 0.0865. The molecule has 25 heavy (non-hydrogen) atoms. The molecule has 2 aliphatic heterocycles. The van der Waals surface area contributed by atoms with E-state index in [0.29, 0.717) is 25.5 Å². The van der Waals surface area contributed by atoms with Gasteiger partial charge in [0.05, 0.1) is 6.54 Å². The van der Waals surface area contributed by atoms with Crippen molar-refractivity contribution in [2.75, 3.05) is 39.9 Å². The highest BCUT2D eigenvalue weighted by Crippen LogP contribution is 2.41. The standard InChI is InChI=1S/C16H25N5O4/c1-24-8-2-5-21-11-16(9-13(21)22)3-6-20(7-4-16)10-12-18-15(14(17)23)19-25-12/h2-11H2,1H3,(H2,17,23). The highest BCUT2D eigenvalue weighted by atomic mass is 16.5. The minimum atomic E-state index is -0.689. The van der Waals surface area contributed by atoms with Gasteiger partial charge in [-0.05, 0) is 37.8 Å². The summed E-state index contributed by atoms with van der Waals surface area (Å²) < 4.78 is 10.1. The third kappa shape index (κ3) is 4.16. The lowest BCUT2D eigenvalue weighted by molar-refractivity contribution is -0.128. The van der Waals surface area contributed by atoms with Crippen LogP contribution in [-0.2, 0) is 16.1 Å². The smallest absolute Gasteiger partial charge is 0.290 e. The Balaban J connectivity index is 1.49. The van der Waals surface area contributed by atoms with E-state index in [4.69, 9.17) is 15.0 Å². The van der Waals surface area contributed by atoms with Crippen molar-refractivity contribution in [1.82, 2.24) is 19.9 Å². The van der Waals surface area contributed by atoms with Crippen molar-refractivity contribution in [1.29, 1.82) is 0 Å². The average Bonchev–Trinajstić information content (AvgIpc) is 3.16. The number of nitrogens with zero attached hydrogens (tertiary/aromatic N) is 4. The highest BCUT2D eigenvalue weighted by molar-refractivity contribution is 5.88. The van der Waals surface area contributed by atoms with E-state index in [1.165, 1.54) is 0 Å². The lowest BCUT2D eigenvalue weighted by atomic mass is 9.77. The molecule has 0 aliphatic carbocycles. The monoisotopic (exact) mass is 351 g/mol. The van der Waals surface area contributed by atoms with E-state index >= 15 is 0 Å². The van der Waals surface area contributed by atoms with Crippen LogP contribution in [0.5, 0.6) is 0 Å². The van der Waals surface area contributed by atoms with Gasteiger partial charge in [-0.3, -0.25) is 14.5 Å². The molecule has 3 rings (SSSR count). The number of ether oxygens (including phenoxy) is 1. The number of likely N-dealkylation sites (tertiary alicyclic amines) is 2. The van der Waals surface area contributed by atoms with E-state index in [1.807, 2.05) is 4.90 Å². The van der Waals surface area contributed by atoms with Crippen LogP contribution in [0, 0.1) is 5.41 Å². The molecule has 0 radical (unpaired) electrons. The molecule has 1 aromatic rings. The Morgan fingerprint density at radius 1 is 1.40 bits per heavy atom. The van der Waals surface area contributed by atoms with Crippen LogP contribution in [0.1, 0.15) is 42.2 Å². The van der Waals surface area contributed by atoms with Gasteiger partial charge in [-0.15, -0.1) is 0 Å². The normalized spacial score (nSPS) is 20.5. The Labute approximate surface area is 146 Å². The van der Waals surface area contributed by atoms with Gasteiger partial charge in [-0.25, -0.2) is 0 Å². The van der Waals surface area contributed by atoms with Crippen LogP contribution in [0.25, 0.3) is 0 Å². The maximum atomic E-state index is 12.3. The number of hydrogen-bond acceptors (Lipinski definition) is 7. The fourth-order valence-corrected chi connectivity index (χ4v) is 3.72. The van der Waals surface area contributed by atoms with Crippen molar-refractivity contribution >= 4 is 11.8 Å². The molecule has 1 spiro atoms. The zero-order valence-electron chi connectivity index (χ0n) is 14.6. The van der Waals surface area contributed by atoms with Crippen molar-refractivity contribution in [2.24, 2.45) is 11.1 Å². The number of piperidine rings is 1. The summed E-state index contributed by atoms with van der Waals surface area (Å²) in [6.45, 7) is 4.54. The van der Waals surface area contributed by atoms with Crippen molar-refractivity contribution < 1.29 is 18.8 Å². The van der Waals surface area contributed by atoms with E-state index in [-0.39, 0.29) is 17.1 Å². The van der Waals surface area contributed by atoms with Crippen molar-refractivity contribution in [3.8, 4) is 0 Å². The van der Waals surface area contributed by atoms with Crippen molar-refractivity contribution in [3.63, 3.8) is 0 Å². The van der Waals surface area contributed by atoms with Crippen LogP contribution in [0.4, 0.5) is 0 Å². The molecule has 9 nitrogen and oxygen atoms in total. The Kier molecular flexibility index (Phi) is 5.33. The van der Waals surface area contributed by atoms with E-state index in [0.717, 1.165) is 45.4 Å². The zero-order chi connectivity index (χ0) is 17.9. The number of rotatable bonds is 7. The average molecular weight is 351 g/mol. The van der Waals surface area contributed by atoms with Gasteiger partial charge >= 0.3 is 0 Å². The first kappa shape index (κ1) is 17.8. The molecule has 138 valence electrons. The molecule has 0 aromatic carbocycles. The summed E-state index contributed by atoms with van der Waals surface area (Å²) in [5.41, 5.74) is 5.22. The number of primary amides is 1. The van der Waals surface area contributed by atoms with Gasteiger partial charge in [0.15, 0.2) is 0 Å². The maximum Gasteiger partial charge on any atom is 0.290 e. The summed E-state index contributed by atoms with van der Waals surface area (Å²) in [6.07, 6.45) is 3.46. The van der Waals surface area contributed by atoms with E-state index in [1.54, 1.807) is 7.11 Å². The number of methoxy groups -OCH3 is 1. The fraction of sp³-hybridized carbons (Fsp3) is 0.750. The molecular formula is C16H25N5O4. The quantitative estimate of drug-likeness (QED) is 0.689. The van der Waals surface area contributed by atoms with Gasteiger partial charge in [0.1, 0.15) is 0 Å². The molecule has 2 amide bonds. The van der Waals surface area contributed by atoms with Crippen LogP contribution < -0.4 is 5.73 Å². The fourth-order valence-electron chi connectivity index (χ4n) is 3.72. The second-order valence-electron chi connectivity index (χ2n) is 6.99. The Morgan fingerprint density at radius 3 is 2.80 bits per heavy atom. The molecule has 2 fully saturated rings. The topological polar surface area (TPSA) is 115 Å². The number of aromatic nitrogens is 2. The number of carbonyl (C=O) groups excluding carboxylic acids is 2.